The number of rotatable bonds is 5. The van der Waals surface area contributed by atoms with Crippen LogP contribution in [0.15, 0.2) is 18.2 Å². The van der Waals surface area contributed by atoms with E-state index in [1.54, 1.807) is 18.2 Å². The van der Waals surface area contributed by atoms with Gasteiger partial charge in [-0.25, -0.2) is 0 Å². The lowest BCUT2D eigenvalue weighted by Gasteiger charge is -2.18. The number of carbonyl (C=O) groups is 2. The maximum atomic E-state index is 11.9. The van der Waals surface area contributed by atoms with E-state index in [9.17, 15) is 9.59 Å². The summed E-state index contributed by atoms with van der Waals surface area (Å²) >= 11 is 6.13. The monoisotopic (exact) mass is 311 g/mol. The number of hydrogen-bond donors (Lipinski definition) is 3. The quantitative estimate of drug-likeness (QED) is 0.781. The second kappa shape index (κ2) is 7.43. The van der Waals surface area contributed by atoms with Gasteiger partial charge >= 0.3 is 0 Å². The number of carbonyl (C=O) groups excluding carboxylic acids is 2. The smallest absolute Gasteiger partial charge is 0.229 e. The van der Waals surface area contributed by atoms with E-state index in [1.165, 1.54) is 0 Å². The van der Waals surface area contributed by atoms with E-state index < -0.39 is 5.41 Å². The molecular weight excluding hydrogens is 290 g/mol. The van der Waals surface area contributed by atoms with E-state index in [2.05, 4.69) is 10.6 Å². The summed E-state index contributed by atoms with van der Waals surface area (Å²) in [6.07, 6.45) is 1.01. The molecule has 1 aromatic rings. The fourth-order valence-corrected chi connectivity index (χ4v) is 1.72. The molecule has 0 spiro atoms. The summed E-state index contributed by atoms with van der Waals surface area (Å²) in [6, 6.07) is 4.98. The molecule has 0 radical (unpaired) electrons. The Morgan fingerprint density at radius 1 is 1.24 bits per heavy atom. The normalized spacial score (nSPS) is 11.1. The summed E-state index contributed by atoms with van der Waals surface area (Å²) in [7, 11) is 0. The van der Waals surface area contributed by atoms with E-state index in [0.717, 1.165) is 0 Å². The van der Waals surface area contributed by atoms with Crippen molar-refractivity contribution < 1.29 is 9.59 Å². The highest BCUT2D eigenvalue weighted by molar-refractivity contribution is 6.34. The van der Waals surface area contributed by atoms with Gasteiger partial charge in [0.1, 0.15) is 0 Å². The van der Waals surface area contributed by atoms with Crippen molar-refractivity contribution in [2.75, 3.05) is 17.2 Å². The number of hydrogen-bond acceptors (Lipinski definition) is 3. The Bertz CT molecular complexity index is 524. The number of anilines is 2. The van der Waals surface area contributed by atoms with Gasteiger partial charge in [-0.1, -0.05) is 32.4 Å². The van der Waals surface area contributed by atoms with Crippen molar-refractivity contribution in [2.45, 2.75) is 33.6 Å². The van der Waals surface area contributed by atoms with Crippen LogP contribution in [0, 0.1) is 5.41 Å². The van der Waals surface area contributed by atoms with Gasteiger partial charge in [0, 0.05) is 17.5 Å². The Morgan fingerprint density at radius 2 is 1.90 bits per heavy atom. The molecule has 2 amide bonds. The Balaban J connectivity index is 2.72. The minimum atomic E-state index is -0.502. The van der Waals surface area contributed by atoms with Crippen molar-refractivity contribution in [1.82, 2.24) is 0 Å². The van der Waals surface area contributed by atoms with Crippen LogP contribution < -0.4 is 16.4 Å². The van der Waals surface area contributed by atoms with Crippen LogP contribution in [0.5, 0.6) is 0 Å². The summed E-state index contributed by atoms with van der Waals surface area (Å²) < 4.78 is 0. The van der Waals surface area contributed by atoms with Crippen LogP contribution in [0.2, 0.25) is 5.02 Å². The highest BCUT2D eigenvalue weighted by atomic mass is 35.5. The molecule has 0 saturated heterocycles. The van der Waals surface area contributed by atoms with E-state index in [-0.39, 0.29) is 11.8 Å². The van der Waals surface area contributed by atoms with Crippen molar-refractivity contribution in [3.05, 3.63) is 23.2 Å². The molecule has 0 aromatic heterocycles. The molecule has 0 unspecified atom stereocenters. The molecule has 21 heavy (non-hydrogen) atoms. The van der Waals surface area contributed by atoms with Crippen molar-refractivity contribution in [1.29, 1.82) is 0 Å². The molecule has 1 rings (SSSR count). The van der Waals surface area contributed by atoms with Crippen molar-refractivity contribution in [3.63, 3.8) is 0 Å². The molecule has 0 fully saturated rings. The van der Waals surface area contributed by atoms with Gasteiger partial charge in [0.2, 0.25) is 11.8 Å². The Hall–Kier alpha value is -1.59. The first-order chi connectivity index (χ1) is 9.74. The molecular formula is C15H22ClN3O2. The summed E-state index contributed by atoms with van der Waals surface area (Å²) in [6.45, 7) is 5.94. The van der Waals surface area contributed by atoms with Crippen LogP contribution in [0.25, 0.3) is 0 Å². The molecule has 0 saturated carbocycles. The van der Waals surface area contributed by atoms with Crippen molar-refractivity contribution >= 4 is 34.8 Å². The predicted molar refractivity (Wildman–Crippen MR) is 86.5 cm³/mol. The zero-order valence-electron chi connectivity index (χ0n) is 12.6. The van der Waals surface area contributed by atoms with Crippen molar-refractivity contribution in [3.8, 4) is 0 Å². The van der Waals surface area contributed by atoms with Gasteiger partial charge in [-0.15, -0.1) is 0 Å². The fraction of sp³-hybridized carbons (Fsp3) is 0.467. The van der Waals surface area contributed by atoms with E-state index in [0.29, 0.717) is 35.8 Å². The Kier molecular flexibility index (Phi) is 6.18. The third-order valence-electron chi connectivity index (χ3n) is 2.79. The van der Waals surface area contributed by atoms with Crippen LogP contribution >= 0.6 is 11.6 Å². The lowest BCUT2D eigenvalue weighted by atomic mass is 9.95. The molecule has 0 aliphatic rings. The summed E-state index contributed by atoms with van der Waals surface area (Å²) in [4.78, 5) is 23.5. The molecule has 5 nitrogen and oxygen atoms in total. The van der Waals surface area contributed by atoms with Gasteiger partial charge in [-0.3, -0.25) is 9.59 Å². The standard InChI is InChI=1S/C15H22ClN3O2/c1-15(2,3)14(21)19-12-7-6-10(9-11(12)16)18-13(20)5-4-8-17/h6-7,9H,4-5,8,17H2,1-3H3,(H,18,20)(H,19,21). The SMILES string of the molecule is CC(C)(C)C(=O)Nc1ccc(NC(=O)CCCN)cc1Cl. The zero-order chi connectivity index (χ0) is 16.0. The summed E-state index contributed by atoms with van der Waals surface area (Å²) in [5.74, 6) is -0.230. The third-order valence-corrected chi connectivity index (χ3v) is 3.10. The van der Waals surface area contributed by atoms with Crippen LogP contribution in [0.3, 0.4) is 0 Å². The van der Waals surface area contributed by atoms with E-state index in [1.807, 2.05) is 20.8 Å². The molecule has 0 aliphatic heterocycles. The first-order valence-electron chi connectivity index (χ1n) is 6.85. The summed E-state index contributed by atoms with van der Waals surface area (Å²) in [5, 5.41) is 5.88. The first kappa shape index (κ1) is 17.5. The second-order valence-corrected chi connectivity index (χ2v) is 6.25. The fourth-order valence-electron chi connectivity index (χ4n) is 1.49. The second-order valence-electron chi connectivity index (χ2n) is 5.84. The third kappa shape index (κ3) is 5.73. The summed E-state index contributed by atoms with van der Waals surface area (Å²) in [5.41, 5.74) is 5.97. The van der Waals surface area contributed by atoms with Crippen LogP contribution in [0.1, 0.15) is 33.6 Å². The van der Waals surface area contributed by atoms with Gasteiger partial charge in [0.25, 0.3) is 0 Å². The molecule has 0 heterocycles. The highest BCUT2D eigenvalue weighted by Gasteiger charge is 2.21. The average molecular weight is 312 g/mol. The largest absolute Gasteiger partial charge is 0.330 e. The lowest BCUT2D eigenvalue weighted by molar-refractivity contribution is -0.123. The maximum absolute atomic E-state index is 11.9. The maximum Gasteiger partial charge on any atom is 0.229 e. The average Bonchev–Trinajstić information content (AvgIpc) is 2.38. The first-order valence-corrected chi connectivity index (χ1v) is 7.23. The minimum Gasteiger partial charge on any atom is -0.330 e. The van der Waals surface area contributed by atoms with Gasteiger partial charge in [0.15, 0.2) is 0 Å². The number of amides is 2. The molecule has 6 heteroatoms. The van der Waals surface area contributed by atoms with Gasteiger partial charge in [-0.05, 0) is 31.2 Å². The van der Waals surface area contributed by atoms with Gasteiger partial charge < -0.3 is 16.4 Å². The Labute approximate surface area is 130 Å². The van der Waals surface area contributed by atoms with Crippen LogP contribution in [-0.2, 0) is 9.59 Å². The minimum absolute atomic E-state index is 0.108. The Morgan fingerprint density at radius 3 is 2.43 bits per heavy atom. The lowest BCUT2D eigenvalue weighted by Crippen LogP contribution is -2.27. The van der Waals surface area contributed by atoms with Gasteiger partial charge in [-0.2, -0.15) is 0 Å². The predicted octanol–water partition coefficient (Wildman–Crippen LogP) is 3.00. The zero-order valence-corrected chi connectivity index (χ0v) is 13.4. The molecule has 0 aliphatic carbocycles. The number of nitrogens with two attached hydrogens (primary N) is 1. The number of halogens is 1. The van der Waals surface area contributed by atoms with Gasteiger partial charge in [0.05, 0.1) is 10.7 Å². The van der Waals surface area contributed by atoms with Crippen LogP contribution in [0.4, 0.5) is 11.4 Å². The topological polar surface area (TPSA) is 84.2 Å². The van der Waals surface area contributed by atoms with E-state index in [4.69, 9.17) is 17.3 Å². The molecule has 0 bridgehead atoms. The number of benzene rings is 1. The molecule has 116 valence electrons. The van der Waals surface area contributed by atoms with E-state index >= 15 is 0 Å². The number of nitrogens with one attached hydrogen (secondary N) is 2. The highest BCUT2D eigenvalue weighted by Crippen LogP contribution is 2.27. The molecule has 4 N–H and O–H groups in total. The van der Waals surface area contributed by atoms with Crippen LogP contribution in [-0.4, -0.2) is 18.4 Å². The van der Waals surface area contributed by atoms with Crippen molar-refractivity contribution in [2.24, 2.45) is 11.1 Å². The molecule has 1 aromatic carbocycles. The molecule has 0 atom stereocenters.